The Kier molecular flexibility index (Phi) is 3.33. The van der Waals surface area contributed by atoms with Crippen LogP contribution in [0, 0.1) is 0 Å². The van der Waals surface area contributed by atoms with Crippen LogP contribution in [0.5, 0.6) is 5.06 Å². The molecule has 0 aromatic carbocycles. The van der Waals surface area contributed by atoms with Crippen molar-refractivity contribution in [1.29, 1.82) is 0 Å². The van der Waals surface area contributed by atoms with Crippen LogP contribution in [-0.2, 0) is 4.74 Å². The van der Waals surface area contributed by atoms with E-state index < -0.39 is 6.09 Å². The van der Waals surface area contributed by atoms with E-state index in [1.165, 1.54) is 12.1 Å². The molecule has 13 heavy (non-hydrogen) atoms. The second kappa shape index (κ2) is 4.51. The van der Waals surface area contributed by atoms with E-state index >= 15 is 0 Å². The lowest BCUT2D eigenvalue weighted by Crippen LogP contribution is -2.12. The lowest BCUT2D eigenvalue weighted by molar-refractivity contribution is 0.174. The van der Waals surface area contributed by atoms with Crippen LogP contribution in [-0.4, -0.2) is 17.8 Å². The maximum Gasteiger partial charge on any atom is 0.412 e. The molecule has 0 spiro atoms. The van der Waals surface area contributed by atoms with Gasteiger partial charge in [-0.15, -0.1) is 0 Å². The van der Waals surface area contributed by atoms with Crippen molar-refractivity contribution in [2.75, 3.05) is 11.9 Å². The lowest BCUT2D eigenvalue weighted by Gasteiger charge is -2.01. The van der Waals surface area contributed by atoms with Crippen LogP contribution < -0.4 is 5.32 Å². The van der Waals surface area contributed by atoms with Crippen LogP contribution in [0.3, 0.4) is 0 Å². The fourth-order valence-electron chi connectivity index (χ4n) is 0.666. The number of rotatable bonds is 3. The molecule has 1 aromatic rings. The molecule has 4 nitrogen and oxygen atoms in total. The van der Waals surface area contributed by atoms with Crippen molar-refractivity contribution in [3.8, 4) is 5.06 Å². The molecule has 1 rings (SSSR count). The topological polar surface area (TPSA) is 58.6 Å². The number of ether oxygens (including phenoxy) is 1. The van der Waals surface area contributed by atoms with Gasteiger partial charge in [0.25, 0.3) is 0 Å². The van der Waals surface area contributed by atoms with E-state index in [0.717, 1.165) is 11.3 Å². The molecule has 0 aliphatic rings. The van der Waals surface area contributed by atoms with Gasteiger partial charge < -0.3 is 9.84 Å². The first-order chi connectivity index (χ1) is 6.22. The minimum atomic E-state index is -0.554. The third-order valence-corrected chi connectivity index (χ3v) is 1.95. The highest BCUT2D eigenvalue weighted by atomic mass is 32.1. The fraction of sp³-hybridized carbons (Fsp3) is 0.125. The van der Waals surface area contributed by atoms with E-state index in [1.54, 1.807) is 6.07 Å². The Hall–Kier alpha value is -1.49. The molecule has 5 heteroatoms. The van der Waals surface area contributed by atoms with E-state index in [2.05, 4.69) is 16.6 Å². The predicted octanol–water partition coefficient (Wildman–Crippen LogP) is 2.19. The molecule has 0 bridgehead atoms. The van der Waals surface area contributed by atoms with Crippen LogP contribution in [0.1, 0.15) is 0 Å². The third-order valence-electron chi connectivity index (χ3n) is 1.15. The van der Waals surface area contributed by atoms with E-state index in [1.807, 2.05) is 0 Å². The van der Waals surface area contributed by atoms with Gasteiger partial charge in [0.15, 0.2) is 5.06 Å². The number of carbonyl (C=O) groups excluding carboxylic acids is 1. The summed E-state index contributed by atoms with van der Waals surface area (Å²) in [5, 5.41) is 12.1. The number of amides is 1. The SMILES string of the molecule is C=CCOC(=O)Nc1ccc(O)s1. The Morgan fingerprint density at radius 1 is 1.77 bits per heavy atom. The molecule has 0 saturated carbocycles. The summed E-state index contributed by atoms with van der Waals surface area (Å²) in [5.41, 5.74) is 0. The molecule has 0 atom stereocenters. The van der Waals surface area contributed by atoms with Gasteiger partial charge in [0, 0.05) is 0 Å². The highest BCUT2D eigenvalue weighted by Crippen LogP contribution is 2.26. The molecular formula is C8H9NO3S. The number of aromatic hydroxyl groups is 1. The van der Waals surface area contributed by atoms with Crippen LogP contribution in [0.2, 0.25) is 0 Å². The van der Waals surface area contributed by atoms with Crippen molar-refractivity contribution in [3.05, 3.63) is 24.8 Å². The quantitative estimate of drug-likeness (QED) is 0.733. The number of thiophene rings is 1. The van der Waals surface area contributed by atoms with Gasteiger partial charge in [0.2, 0.25) is 0 Å². The highest BCUT2D eigenvalue weighted by molar-refractivity contribution is 7.17. The summed E-state index contributed by atoms with van der Waals surface area (Å²) in [5.74, 6) is 0. The first-order valence-corrected chi connectivity index (χ1v) is 4.37. The largest absolute Gasteiger partial charge is 0.499 e. The molecule has 1 aromatic heterocycles. The number of anilines is 1. The van der Waals surface area contributed by atoms with Gasteiger partial charge in [0.05, 0.1) is 0 Å². The first-order valence-electron chi connectivity index (χ1n) is 3.56. The molecule has 0 unspecified atom stereocenters. The second-order valence-electron chi connectivity index (χ2n) is 2.15. The van der Waals surface area contributed by atoms with Gasteiger partial charge in [-0.05, 0) is 12.1 Å². The van der Waals surface area contributed by atoms with E-state index in [9.17, 15) is 4.79 Å². The molecule has 0 radical (unpaired) electrons. The van der Waals surface area contributed by atoms with Crippen molar-refractivity contribution < 1.29 is 14.6 Å². The van der Waals surface area contributed by atoms with Crippen LogP contribution in [0.15, 0.2) is 24.8 Å². The summed E-state index contributed by atoms with van der Waals surface area (Å²) in [6, 6.07) is 3.09. The van der Waals surface area contributed by atoms with Crippen LogP contribution in [0.25, 0.3) is 0 Å². The van der Waals surface area contributed by atoms with Crippen molar-refractivity contribution in [3.63, 3.8) is 0 Å². The molecule has 0 aliphatic heterocycles. The van der Waals surface area contributed by atoms with Gasteiger partial charge in [-0.25, -0.2) is 4.79 Å². The minimum absolute atomic E-state index is 0.152. The zero-order valence-electron chi connectivity index (χ0n) is 6.82. The van der Waals surface area contributed by atoms with Gasteiger partial charge >= 0.3 is 6.09 Å². The van der Waals surface area contributed by atoms with Gasteiger partial charge in [-0.1, -0.05) is 24.0 Å². The fourth-order valence-corrected chi connectivity index (χ4v) is 1.30. The Labute approximate surface area is 79.5 Å². The summed E-state index contributed by atoms with van der Waals surface area (Å²) >= 11 is 1.07. The predicted molar refractivity (Wildman–Crippen MR) is 51.2 cm³/mol. The summed E-state index contributed by atoms with van der Waals surface area (Å²) in [6.07, 6.45) is 0.924. The van der Waals surface area contributed by atoms with Crippen molar-refractivity contribution in [1.82, 2.24) is 0 Å². The number of nitrogens with one attached hydrogen (secondary N) is 1. The zero-order chi connectivity index (χ0) is 9.68. The number of hydrogen-bond donors (Lipinski definition) is 2. The molecule has 0 saturated heterocycles. The minimum Gasteiger partial charge on any atom is -0.499 e. The van der Waals surface area contributed by atoms with E-state index in [4.69, 9.17) is 5.11 Å². The lowest BCUT2D eigenvalue weighted by atomic mass is 10.6. The highest BCUT2D eigenvalue weighted by Gasteiger charge is 2.03. The monoisotopic (exact) mass is 199 g/mol. The van der Waals surface area contributed by atoms with Gasteiger partial charge in [-0.2, -0.15) is 0 Å². The third kappa shape index (κ3) is 3.16. The normalized spacial score (nSPS) is 9.23. The van der Waals surface area contributed by atoms with Gasteiger partial charge in [0.1, 0.15) is 11.6 Å². The number of carbonyl (C=O) groups is 1. The Bertz CT molecular complexity index is 308. The summed E-state index contributed by atoms with van der Waals surface area (Å²) < 4.78 is 4.66. The molecule has 0 aliphatic carbocycles. The van der Waals surface area contributed by atoms with Crippen LogP contribution >= 0.6 is 11.3 Å². The standard InChI is InChI=1S/C8H9NO3S/c1-2-5-12-8(11)9-6-3-4-7(10)13-6/h2-4,10H,1,5H2,(H,9,11). The first kappa shape index (κ1) is 9.60. The van der Waals surface area contributed by atoms with Crippen molar-refractivity contribution in [2.45, 2.75) is 0 Å². The van der Waals surface area contributed by atoms with Crippen molar-refractivity contribution in [2.24, 2.45) is 0 Å². The molecule has 70 valence electrons. The smallest absolute Gasteiger partial charge is 0.412 e. The summed E-state index contributed by atoms with van der Waals surface area (Å²) in [7, 11) is 0. The van der Waals surface area contributed by atoms with Gasteiger partial charge in [-0.3, -0.25) is 5.32 Å². The molecular weight excluding hydrogens is 190 g/mol. The average molecular weight is 199 g/mol. The maximum atomic E-state index is 10.9. The molecule has 2 N–H and O–H groups in total. The van der Waals surface area contributed by atoms with E-state index in [0.29, 0.717) is 5.00 Å². The Morgan fingerprint density at radius 2 is 2.54 bits per heavy atom. The molecule has 1 amide bonds. The molecule has 1 heterocycles. The van der Waals surface area contributed by atoms with Crippen LogP contribution in [0.4, 0.5) is 9.80 Å². The number of hydrogen-bond acceptors (Lipinski definition) is 4. The Balaban J connectivity index is 2.40. The van der Waals surface area contributed by atoms with Crippen molar-refractivity contribution >= 4 is 22.4 Å². The van der Waals surface area contributed by atoms with E-state index in [-0.39, 0.29) is 11.7 Å². The summed E-state index contributed by atoms with van der Waals surface area (Å²) in [6.45, 7) is 3.57. The Morgan fingerprint density at radius 3 is 3.08 bits per heavy atom. The average Bonchev–Trinajstić information content (AvgIpc) is 2.48. The molecule has 0 fully saturated rings. The summed E-state index contributed by atoms with van der Waals surface area (Å²) in [4.78, 5) is 10.9. The second-order valence-corrected chi connectivity index (χ2v) is 3.21. The zero-order valence-corrected chi connectivity index (χ0v) is 7.63. The maximum absolute atomic E-state index is 10.9.